The molecule has 0 radical (unpaired) electrons. The van der Waals surface area contributed by atoms with Crippen LogP contribution in [0.5, 0.6) is 0 Å². The number of rotatable bonds is 4. The monoisotopic (exact) mass is 225 g/mol. The first-order chi connectivity index (χ1) is 6.74. The first-order valence-electron chi connectivity index (χ1n) is 4.35. The number of benzene rings is 1. The van der Waals surface area contributed by atoms with E-state index in [1.165, 1.54) is 0 Å². The van der Waals surface area contributed by atoms with Gasteiger partial charge in [-0.3, -0.25) is 0 Å². The van der Waals surface area contributed by atoms with Crippen molar-refractivity contribution in [2.75, 3.05) is 11.5 Å². The number of halogens is 1. The normalized spacial score (nSPS) is 9.71. The summed E-state index contributed by atoms with van der Waals surface area (Å²) < 4.78 is 0. The van der Waals surface area contributed by atoms with Gasteiger partial charge in [0, 0.05) is 11.3 Å². The zero-order valence-electron chi connectivity index (χ0n) is 7.79. The number of nitrogens with two attached hydrogens (primary N) is 1. The lowest BCUT2D eigenvalue weighted by molar-refractivity contribution is 0.997. The van der Waals surface area contributed by atoms with Crippen LogP contribution in [-0.2, 0) is 0 Å². The van der Waals surface area contributed by atoms with Crippen molar-refractivity contribution in [3.8, 4) is 12.3 Å². The van der Waals surface area contributed by atoms with Gasteiger partial charge in [-0.2, -0.15) is 0 Å². The van der Waals surface area contributed by atoms with E-state index < -0.39 is 0 Å². The van der Waals surface area contributed by atoms with Gasteiger partial charge >= 0.3 is 0 Å². The summed E-state index contributed by atoms with van der Waals surface area (Å²) in [7, 11) is 0. The van der Waals surface area contributed by atoms with Crippen LogP contribution in [0, 0.1) is 12.3 Å². The summed E-state index contributed by atoms with van der Waals surface area (Å²) in [6.45, 7) is 0. The van der Waals surface area contributed by atoms with Crippen LogP contribution < -0.4 is 5.73 Å². The van der Waals surface area contributed by atoms with Crippen molar-refractivity contribution >= 4 is 29.1 Å². The van der Waals surface area contributed by atoms with Crippen molar-refractivity contribution in [1.29, 1.82) is 0 Å². The number of thioether (sulfide) groups is 1. The van der Waals surface area contributed by atoms with Crippen molar-refractivity contribution in [3.05, 3.63) is 23.2 Å². The maximum atomic E-state index is 5.88. The zero-order chi connectivity index (χ0) is 10.4. The van der Waals surface area contributed by atoms with Gasteiger partial charge in [-0.25, -0.2) is 0 Å². The lowest BCUT2D eigenvalue weighted by Gasteiger charge is -2.02. The number of hydrogen-bond donors (Lipinski definition) is 1. The molecule has 2 N–H and O–H groups in total. The number of unbranched alkanes of at least 4 members (excludes halogenated alkanes) is 1. The number of anilines is 1. The Hall–Kier alpha value is -0.780. The van der Waals surface area contributed by atoms with E-state index in [-0.39, 0.29) is 0 Å². The van der Waals surface area contributed by atoms with Crippen LogP contribution >= 0.6 is 23.4 Å². The van der Waals surface area contributed by atoms with Crippen molar-refractivity contribution in [2.24, 2.45) is 0 Å². The van der Waals surface area contributed by atoms with E-state index in [9.17, 15) is 0 Å². The second-order valence-corrected chi connectivity index (χ2v) is 4.41. The smallest absolute Gasteiger partial charge is 0.0646 e. The van der Waals surface area contributed by atoms with E-state index in [2.05, 4.69) is 5.92 Å². The summed E-state index contributed by atoms with van der Waals surface area (Å²) in [5.74, 6) is 3.63. The fraction of sp³-hybridized carbons (Fsp3) is 0.273. The molecule has 14 heavy (non-hydrogen) atoms. The van der Waals surface area contributed by atoms with Crippen LogP contribution in [0.1, 0.15) is 12.8 Å². The molecule has 0 atom stereocenters. The minimum absolute atomic E-state index is 0.618. The van der Waals surface area contributed by atoms with Gasteiger partial charge in [0.25, 0.3) is 0 Å². The van der Waals surface area contributed by atoms with Gasteiger partial charge in [-0.1, -0.05) is 11.6 Å². The largest absolute Gasteiger partial charge is 0.398 e. The number of nitrogen functional groups attached to an aromatic ring is 1. The van der Waals surface area contributed by atoms with Crippen LogP contribution in [0.4, 0.5) is 5.69 Å². The van der Waals surface area contributed by atoms with Gasteiger partial charge in [0.2, 0.25) is 0 Å². The summed E-state index contributed by atoms with van der Waals surface area (Å²) in [5, 5.41) is 0.618. The Morgan fingerprint density at radius 1 is 1.50 bits per heavy atom. The molecule has 0 aliphatic heterocycles. The summed E-state index contributed by atoms with van der Waals surface area (Å²) in [6.07, 6.45) is 7.02. The highest BCUT2D eigenvalue weighted by Crippen LogP contribution is 2.26. The third kappa shape index (κ3) is 3.53. The molecular weight excluding hydrogens is 214 g/mol. The predicted molar refractivity (Wildman–Crippen MR) is 64.7 cm³/mol. The van der Waals surface area contributed by atoms with E-state index in [4.69, 9.17) is 23.8 Å². The van der Waals surface area contributed by atoms with E-state index in [1.807, 2.05) is 18.2 Å². The molecule has 0 amide bonds. The third-order valence-electron chi connectivity index (χ3n) is 1.71. The Bertz CT molecular complexity index is 344. The molecule has 0 saturated heterocycles. The topological polar surface area (TPSA) is 26.0 Å². The molecule has 0 aliphatic carbocycles. The van der Waals surface area contributed by atoms with Crippen molar-refractivity contribution in [2.45, 2.75) is 17.7 Å². The van der Waals surface area contributed by atoms with Crippen molar-refractivity contribution < 1.29 is 0 Å². The minimum atomic E-state index is 0.618. The average molecular weight is 226 g/mol. The molecule has 1 aromatic carbocycles. The Morgan fingerprint density at radius 2 is 2.29 bits per heavy atom. The second kappa shape index (κ2) is 5.85. The molecule has 0 aromatic heterocycles. The molecule has 1 aromatic rings. The van der Waals surface area contributed by atoms with Crippen LogP contribution in [0.3, 0.4) is 0 Å². The molecule has 0 fully saturated rings. The zero-order valence-corrected chi connectivity index (χ0v) is 9.37. The fourth-order valence-corrected chi connectivity index (χ4v) is 2.10. The summed E-state index contributed by atoms with van der Waals surface area (Å²) in [6, 6.07) is 5.69. The van der Waals surface area contributed by atoms with Gasteiger partial charge < -0.3 is 5.73 Å². The fourth-order valence-electron chi connectivity index (χ4n) is 0.962. The van der Waals surface area contributed by atoms with Crippen LogP contribution in [0.2, 0.25) is 5.02 Å². The molecule has 0 spiro atoms. The summed E-state index contributed by atoms with van der Waals surface area (Å²) >= 11 is 7.63. The second-order valence-electron chi connectivity index (χ2n) is 2.84. The highest BCUT2D eigenvalue weighted by Gasteiger charge is 1.98. The van der Waals surface area contributed by atoms with Crippen LogP contribution in [-0.4, -0.2) is 5.75 Å². The molecule has 74 valence electrons. The number of hydrogen-bond acceptors (Lipinski definition) is 2. The predicted octanol–water partition coefficient (Wildman–Crippen LogP) is 3.43. The summed E-state index contributed by atoms with van der Waals surface area (Å²) in [5.41, 5.74) is 6.22. The minimum Gasteiger partial charge on any atom is -0.398 e. The van der Waals surface area contributed by atoms with Gasteiger partial charge in [0.05, 0.1) is 10.7 Å². The third-order valence-corrected chi connectivity index (χ3v) is 3.11. The maximum Gasteiger partial charge on any atom is 0.0646 e. The SMILES string of the molecule is C#CCCCSc1ccc(N)c(Cl)c1. The molecule has 1 rings (SSSR count). The molecular formula is C11H12ClNS. The first kappa shape index (κ1) is 11.3. The molecule has 3 heteroatoms. The standard InChI is InChI=1S/C11H12ClNS/c1-2-3-4-7-14-9-5-6-11(13)10(12)8-9/h1,5-6,8H,3-4,7,13H2. The van der Waals surface area contributed by atoms with E-state index in [0.717, 1.165) is 23.5 Å². The lowest BCUT2D eigenvalue weighted by Crippen LogP contribution is -1.86. The highest BCUT2D eigenvalue weighted by molar-refractivity contribution is 7.99. The molecule has 1 nitrogen and oxygen atoms in total. The van der Waals surface area contributed by atoms with Crippen LogP contribution in [0.15, 0.2) is 23.1 Å². The van der Waals surface area contributed by atoms with Crippen molar-refractivity contribution in [3.63, 3.8) is 0 Å². The van der Waals surface area contributed by atoms with E-state index in [0.29, 0.717) is 10.7 Å². The molecule has 0 unspecified atom stereocenters. The lowest BCUT2D eigenvalue weighted by atomic mass is 10.3. The Labute approximate surface area is 94.0 Å². The maximum absolute atomic E-state index is 5.88. The number of terminal acetylenes is 1. The van der Waals surface area contributed by atoms with Crippen LogP contribution in [0.25, 0.3) is 0 Å². The summed E-state index contributed by atoms with van der Waals surface area (Å²) in [4.78, 5) is 1.14. The first-order valence-corrected chi connectivity index (χ1v) is 5.71. The van der Waals surface area contributed by atoms with Gasteiger partial charge in [0.1, 0.15) is 0 Å². The van der Waals surface area contributed by atoms with Gasteiger partial charge in [-0.15, -0.1) is 24.1 Å². The average Bonchev–Trinajstić information content (AvgIpc) is 2.18. The van der Waals surface area contributed by atoms with E-state index in [1.54, 1.807) is 11.8 Å². The molecule has 0 bridgehead atoms. The van der Waals surface area contributed by atoms with Gasteiger partial charge in [0.15, 0.2) is 0 Å². The molecule has 0 heterocycles. The van der Waals surface area contributed by atoms with E-state index >= 15 is 0 Å². The van der Waals surface area contributed by atoms with Gasteiger partial charge in [-0.05, 0) is 30.4 Å². The highest BCUT2D eigenvalue weighted by atomic mass is 35.5. The Balaban J connectivity index is 2.44. The quantitative estimate of drug-likeness (QED) is 0.368. The Kier molecular flexibility index (Phi) is 4.72. The van der Waals surface area contributed by atoms with Crippen molar-refractivity contribution in [1.82, 2.24) is 0 Å². The molecule has 0 aliphatic rings. The molecule has 0 saturated carbocycles. The Morgan fingerprint density at radius 3 is 2.93 bits per heavy atom.